The van der Waals surface area contributed by atoms with Gasteiger partial charge in [0.1, 0.15) is 16.7 Å². The number of nitrogens with zero attached hydrogens (tertiary/aromatic N) is 4. The van der Waals surface area contributed by atoms with E-state index in [2.05, 4.69) is 10.1 Å². The fourth-order valence-corrected chi connectivity index (χ4v) is 3.25. The molecule has 0 bridgehead atoms. The van der Waals surface area contributed by atoms with E-state index in [9.17, 15) is 14.9 Å². The largest absolute Gasteiger partial charge is 0.484 e. The molecule has 1 fully saturated rings. The zero-order valence-electron chi connectivity index (χ0n) is 15.4. The van der Waals surface area contributed by atoms with E-state index in [4.69, 9.17) is 13.7 Å². The van der Waals surface area contributed by atoms with Crippen LogP contribution in [0.5, 0.6) is 5.75 Å². The zero-order chi connectivity index (χ0) is 20.2. The second-order valence-corrected chi connectivity index (χ2v) is 6.55. The number of carbonyl (C=O) groups excluding carboxylic acids is 1. The first-order valence-corrected chi connectivity index (χ1v) is 9.17. The van der Waals surface area contributed by atoms with Crippen molar-refractivity contribution in [2.45, 2.75) is 25.3 Å². The number of ether oxygens (including phenoxy) is 1. The number of nitro groups is 1. The van der Waals surface area contributed by atoms with Gasteiger partial charge in [-0.3, -0.25) is 14.9 Å². The van der Waals surface area contributed by atoms with Crippen LogP contribution in [0.25, 0.3) is 11.6 Å². The first-order chi connectivity index (χ1) is 14.1. The molecule has 1 aliphatic rings. The lowest BCUT2D eigenvalue weighted by atomic mass is 10.0. The molecule has 0 spiro atoms. The van der Waals surface area contributed by atoms with E-state index in [0.29, 0.717) is 18.7 Å². The molecular formula is C19H18N4O6. The number of benzene rings is 1. The Labute approximate surface area is 165 Å². The van der Waals surface area contributed by atoms with E-state index in [1.807, 2.05) is 18.2 Å². The molecule has 1 atom stereocenters. The van der Waals surface area contributed by atoms with Crippen LogP contribution in [-0.4, -0.2) is 39.0 Å². The quantitative estimate of drug-likeness (QED) is 0.457. The number of hydrogen-bond acceptors (Lipinski definition) is 8. The van der Waals surface area contributed by atoms with Crippen LogP contribution in [0, 0.1) is 10.1 Å². The molecule has 2 aromatic heterocycles. The van der Waals surface area contributed by atoms with Gasteiger partial charge in [-0.15, -0.1) is 0 Å². The van der Waals surface area contributed by atoms with Gasteiger partial charge in [0.25, 0.3) is 5.91 Å². The first-order valence-electron chi connectivity index (χ1n) is 9.17. The lowest BCUT2D eigenvalue weighted by molar-refractivity contribution is -0.401. The van der Waals surface area contributed by atoms with Gasteiger partial charge in [-0.25, -0.2) is 0 Å². The fraction of sp³-hybridized carbons (Fsp3) is 0.316. The van der Waals surface area contributed by atoms with E-state index in [0.717, 1.165) is 12.8 Å². The van der Waals surface area contributed by atoms with E-state index >= 15 is 0 Å². The van der Waals surface area contributed by atoms with Crippen LogP contribution in [0.15, 0.2) is 51.4 Å². The highest BCUT2D eigenvalue weighted by Crippen LogP contribution is 2.32. The Bertz CT molecular complexity index is 999. The summed E-state index contributed by atoms with van der Waals surface area (Å²) in [6, 6.07) is 11.4. The fourth-order valence-electron chi connectivity index (χ4n) is 3.25. The molecule has 1 aliphatic heterocycles. The van der Waals surface area contributed by atoms with Gasteiger partial charge in [0.15, 0.2) is 12.4 Å². The van der Waals surface area contributed by atoms with Gasteiger partial charge < -0.3 is 18.6 Å². The first kappa shape index (κ1) is 18.7. The van der Waals surface area contributed by atoms with Gasteiger partial charge in [0, 0.05) is 6.54 Å². The number of rotatable bonds is 6. The monoisotopic (exact) mass is 398 g/mol. The highest BCUT2D eigenvalue weighted by atomic mass is 16.6. The Hall–Kier alpha value is -3.69. The minimum Gasteiger partial charge on any atom is -0.484 e. The molecule has 0 saturated carbocycles. The summed E-state index contributed by atoms with van der Waals surface area (Å²) < 4.78 is 16.0. The van der Waals surface area contributed by atoms with E-state index < -0.39 is 10.8 Å². The van der Waals surface area contributed by atoms with Crippen molar-refractivity contribution in [3.8, 4) is 17.3 Å². The summed E-state index contributed by atoms with van der Waals surface area (Å²) in [4.78, 5) is 28.8. The third kappa shape index (κ3) is 4.10. The van der Waals surface area contributed by atoms with Crippen LogP contribution in [0.2, 0.25) is 0 Å². The smallest absolute Gasteiger partial charge is 0.433 e. The van der Waals surface area contributed by atoms with Crippen LogP contribution < -0.4 is 4.74 Å². The van der Waals surface area contributed by atoms with Crippen molar-refractivity contribution in [1.82, 2.24) is 15.0 Å². The van der Waals surface area contributed by atoms with Gasteiger partial charge in [-0.05, 0) is 37.5 Å². The third-order valence-electron chi connectivity index (χ3n) is 4.65. The molecule has 0 N–H and O–H groups in total. The summed E-state index contributed by atoms with van der Waals surface area (Å²) >= 11 is 0. The molecule has 29 heavy (non-hydrogen) atoms. The Balaban J connectivity index is 1.47. The van der Waals surface area contributed by atoms with Crippen LogP contribution in [0.3, 0.4) is 0 Å². The number of para-hydroxylation sites is 1. The summed E-state index contributed by atoms with van der Waals surface area (Å²) in [5.41, 5.74) is 0. The average Bonchev–Trinajstić information content (AvgIpc) is 3.42. The molecule has 3 aromatic rings. The summed E-state index contributed by atoms with van der Waals surface area (Å²) in [6.45, 7) is 0.470. The Morgan fingerprint density at radius 1 is 1.24 bits per heavy atom. The van der Waals surface area contributed by atoms with Crippen molar-refractivity contribution in [1.29, 1.82) is 0 Å². The van der Waals surface area contributed by atoms with Crippen molar-refractivity contribution < 1.29 is 23.4 Å². The number of amides is 1. The SMILES string of the molecule is O=C(COc1ccccc1)N1CCCC[C@@H]1c1nc(-c2ccc([N+](=O)[O-])o2)no1. The number of carbonyl (C=O) groups is 1. The van der Waals surface area contributed by atoms with E-state index in [-0.39, 0.29) is 36.0 Å². The number of likely N-dealkylation sites (tertiary alicyclic amines) is 1. The number of piperidine rings is 1. The van der Waals surface area contributed by atoms with Gasteiger partial charge >= 0.3 is 5.88 Å². The predicted octanol–water partition coefficient (Wildman–Crippen LogP) is 3.37. The van der Waals surface area contributed by atoms with Crippen molar-refractivity contribution in [3.05, 3.63) is 58.5 Å². The van der Waals surface area contributed by atoms with Gasteiger partial charge in [-0.2, -0.15) is 4.98 Å². The summed E-state index contributed by atoms with van der Waals surface area (Å²) in [6.07, 6.45) is 2.47. The molecule has 1 amide bonds. The van der Waals surface area contributed by atoms with Crippen LogP contribution >= 0.6 is 0 Å². The van der Waals surface area contributed by atoms with Crippen LogP contribution in [0.4, 0.5) is 5.88 Å². The van der Waals surface area contributed by atoms with Gasteiger partial charge in [0.05, 0.1) is 6.07 Å². The Morgan fingerprint density at radius 3 is 2.83 bits per heavy atom. The van der Waals surface area contributed by atoms with Crippen LogP contribution in [0.1, 0.15) is 31.2 Å². The summed E-state index contributed by atoms with van der Waals surface area (Å²) in [5.74, 6) is 0.547. The lowest BCUT2D eigenvalue weighted by Gasteiger charge is -2.33. The number of aromatic nitrogens is 2. The molecule has 150 valence electrons. The molecule has 1 aromatic carbocycles. The normalized spacial score (nSPS) is 16.6. The maximum Gasteiger partial charge on any atom is 0.433 e. The van der Waals surface area contributed by atoms with E-state index in [1.165, 1.54) is 12.1 Å². The molecule has 3 heterocycles. The maximum atomic E-state index is 12.7. The van der Waals surface area contributed by atoms with Crippen molar-refractivity contribution in [2.75, 3.05) is 13.2 Å². The average molecular weight is 398 g/mol. The van der Waals surface area contributed by atoms with Gasteiger partial charge in [-0.1, -0.05) is 23.4 Å². The predicted molar refractivity (Wildman–Crippen MR) is 98.9 cm³/mol. The van der Waals surface area contributed by atoms with Gasteiger partial charge in [0.2, 0.25) is 11.7 Å². The highest BCUT2D eigenvalue weighted by Gasteiger charge is 2.33. The Morgan fingerprint density at radius 2 is 2.07 bits per heavy atom. The second kappa shape index (κ2) is 8.13. The van der Waals surface area contributed by atoms with Crippen molar-refractivity contribution in [2.24, 2.45) is 0 Å². The van der Waals surface area contributed by atoms with Crippen LogP contribution in [-0.2, 0) is 4.79 Å². The number of hydrogen-bond donors (Lipinski definition) is 0. The zero-order valence-corrected chi connectivity index (χ0v) is 15.4. The molecule has 0 aliphatic carbocycles. The maximum absolute atomic E-state index is 12.7. The molecule has 0 radical (unpaired) electrons. The second-order valence-electron chi connectivity index (χ2n) is 6.55. The number of furan rings is 1. The third-order valence-corrected chi connectivity index (χ3v) is 4.65. The molecule has 4 rings (SSSR count). The summed E-state index contributed by atoms with van der Waals surface area (Å²) in [5, 5.41) is 14.6. The van der Waals surface area contributed by atoms with E-state index in [1.54, 1.807) is 17.0 Å². The van der Waals surface area contributed by atoms with Crippen molar-refractivity contribution >= 4 is 11.8 Å². The molecule has 1 saturated heterocycles. The molecule has 0 unspecified atom stereocenters. The molecular weight excluding hydrogens is 380 g/mol. The minimum atomic E-state index is -0.640. The minimum absolute atomic E-state index is 0.0914. The molecule has 10 heteroatoms. The van der Waals surface area contributed by atoms with Crippen molar-refractivity contribution in [3.63, 3.8) is 0 Å². The summed E-state index contributed by atoms with van der Waals surface area (Å²) in [7, 11) is 0. The lowest BCUT2D eigenvalue weighted by Crippen LogP contribution is -2.41. The Kier molecular flexibility index (Phi) is 5.23. The highest BCUT2D eigenvalue weighted by molar-refractivity contribution is 5.78. The molecule has 10 nitrogen and oxygen atoms in total. The topological polar surface area (TPSA) is 125 Å². The standard InChI is InChI=1S/C19H18N4O6/c24-16(12-27-13-6-2-1-3-7-13)22-11-5-4-8-14(22)19-20-18(21-29-19)15-9-10-17(28-15)23(25)26/h1-3,6-7,9-10,14H,4-5,8,11-12H2/t14-/m1/s1.